The van der Waals surface area contributed by atoms with Crippen LogP contribution in [-0.2, 0) is 0 Å². The van der Waals surface area contributed by atoms with Gasteiger partial charge in [0.05, 0.1) is 22.8 Å². The first kappa shape index (κ1) is 33.0. The summed E-state index contributed by atoms with van der Waals surface area (Å²) in [7, 11) is 0. The number of fused-ring (bicyclic) bond motifs is 2. The topological polar surface area (TPSA) is 51.6 Å². The van der Waals surface area contributed by atoms with E-state index >= 15 is 0 Å². The summed E-state index contributed by atoms with van der Waals surface area (Å²) >= 11 is 0. The van der Waals surface area contributed by atoms with E-state index in [2.05, 4.69) is 168 Å². The maximum absolute atomic E-state index is 5.32. The predicted molar refractivity (Wildman–Crippen MR) is 231 cm³/mol. The van der Waals surface area contributed by atoms with Crippen LogP contribution in [0.1, 0.15) is 0 Å². The maximum atomic E-state index is 5.32. The van der Waals surface area contributed by atoms with Crippen LogP contribution in [0.15, 0.2) is 207 Å². The van der Waals surface area contributed by atoms with Gasteiger partial charge in [-0.1, -0.05) is 133 Å². The lowest BCUT2D eigenvalue weighted by molar-refractivity contribution is 1.18. The summed E-state index contributed by atoms with van der Waals surface area (Å²) in [4.78, 5) is 19.8. The van der Waals surface area contributed by atoms with E-state index in [9.17, 15) is 0 Å². The molecule has 0 saturated heterocycles. The number of aromatic nitrogens is 4. The molecule has 0 aliphatic carbocycles. The van der Waals surface area contributed by atoms with Gasteiger partial charge in [0.2, 0.25) is 0 Å². The Kier molecular flexibility index (Phi) is 8.47. The van der Waals surface area contributed by atoms with Crippen molar-refractivity contribution in [3.63, 3.8) is 0 Å². The summed E-state index contributed by atoms with van der Waals surface area (Å²) in [5, 5.41) is 4.73. The van der Waals surface area contributed by atoms with Gasteiger partial charge >= 0.3 is 0 Å². The van der Waals surface area contributed by atoms with Crippen LogP contribution in [0, 0.1) is 0 Å². The van der Waals surface area contributed by atoms with Crippen molar-refractivity contribution in [1.29, 1.82) is 0 Å². The second kappa shape index (κ2) is 14.3. The van der Waals surface area contributed by atoms with Crippen molar-refractivity contribution in [2.24, 2.45) is 0 Å². The Morgan fingerprint density at radius 1 is 0.232 bits per heavy atom. The van der Waals surface area contributed by atoms with E-state index < -0.39 is 0 Å². The fraction of sp³-hybridized carbons (Fsp3) is 0. The van der Waals surface area contributed by atoms with Crippen LogP contribution in [0.2, 0.25) is 0 Å². The van der Waals surface area contributed by atoms with Gasteiger partial charge in [-0.15, -0.1) is 0 Å². The molecule has 3 aromatic heterocycles. The number of rotatable bonds is 7. The van der Waals surface area contributed by atoms with Crippen molar-refractivity contribution in [2.45, 2.75) is 0 Å². The molecule has 7 aromatic carbocycles. The number of benzene rings is 7. The summed E-state index contributed by atoms with van der Waals surface area (Å²) in [6.07, 6.45) is 3.66. The van der Waals surface area contributed by atoms with Crippen molar-refractivity contribution in [3.8, 4) is 78.7 Å². The Labute approximate surface area is 325 Å². The van der Waals surface area contributed by atoms with Gasteiger partial charge < -0.3 is 0 Å². The zero-order valence-corrected chi connectivity index (χ0v) is 30.4. The standard InChI is InChI=1S/C52H34N4/c1-3-11-41-29-43(25-19-35(41)9-1)50-34-51(44-26-20-36-10-2-4-12-42(36)30-44)56-52(55-50)47-32-45(37-15-21-39(22-16-37)48-13-5-7-27-53-48)31-46(33-47)38-17-23-40(24-18-38)49-14-6-8-28-54-49/h1-34H. The molecule has 0 amide bonds. The van der Waals surface area contributed by atoms with E-state index in [-0.39, 0.29) is 0 Å². The molecule has 262 valence electrons. The van der Waals surface area contributed by atoms with E-state index in [1.807, 2.05) is 48.8 Å². The average Bonchev–Trinajstić information content (AvgIpc) is 3.29. The van der Waals surface area contributed by atoms with Gasteiger partial charge in [-0.25, -0.2) is 9.97 Å². The van der Waals surface area contributed by atoms with E-state index in [1.165, 1.54) is 21.5 Å². The molecule has 0 atom stereocenters. The van der Waals surface area contributed by atoms with Crippen molar-refractivity contribution in [3.05, 3.63) is 207 Å². The summed E-state index contributed by atoms with van der Waals surface area (Å²) in [5.74, 6) is 0.664. The lowest BCUT2D eigenvalue weighted by atomic mass is 9.94. The molecule has 0 saturated carbocycles. The Hall–Kier alpha value is -7.56. The number of pyridine rings is 2. The molecule has 0 unspecified atom stereocenters. The lowest BCUT2D eigenvalue weighted by Gasteiger charge is -2.14. The van der Waals surface area contributed by atoms with Crippen LogP contribution in [0.5, 0.6) is 0 Å². The van der Waals surface area contributed by atoms with Gasteiger partial charge in [0.25, 0.3) is 0 Å². The van der Waals surface area contributed by atoms with E-state index in [0.29, 0.717) is 5.82 Å². The second-order valence-corrected chi connectivity index (χ2v) is 14.0. The molecular weight excluding hydrogens is 681 g/mol. The van der Waals surface area contributed by atoms with Gasteiger partial charge in [-0.3, -0.25) is 9.97 Å². The van der Waals surface area contributed by atoms with E-state index in [0.717, 1.165) is 72.8 Å². The molecule has 10 aromatic rings. The fourth-order valence-corrected chi connectivity index (χ4v) is 7.39. The number of hydrogen-bond acceptors (Lipinski definition) is 4. The first-order valence-corrected chi connectivity index (χ1v) is 18.8. The zero-order chi connectivity index (χ0) is 37.3. The van der Waals surface area contributed by atoms with E-state index in [4.69, 9.17) is 9.97 Å². The van der Waals surface area contributed by atoms with Crippen LogP contribution >= 0.6 is 0 Å². The molecule has 0 aliphatic rings. The normalized spacial score (nSPS) is 11.2. The average molecular weight is 715 g/mol. The highest BCUT2D eigenvalue weighted by atomic mass is 14.9. The predicted octanol–water partition coefficient (Wildman–Crippen LogP) is 13.2. The fourth-order valence-electron chi connectivity index (χ4n) is 7.39. The summed E-state index contributed by atoms with van der Waals surface area (Å²) in [5.41, 5.74) is 13.1. The first-order chi connectivity index (χ1) is 27.7. The van der Waals surface area contributed by atoms with Crippen molar-refractivity contribution < 1.29 is 0 Å². The number of nitrogens with zero attached hydrogens (tertiary/aromatic N) is 4. The van der Waals surface area contributed by atoms with Crippen molar-refractivity contribution in [2.75, 3.05) is 0 Å². The first-order valence-electron chi connectivity index (χ1n) is 18.8. The van der Waals surface area contributed by atoms with Crippen molar-refractivity contribution in [1.82, 2.24) is 19.9 Å². The Morgan fingerprint density at radius 2 is 0.625 bits per heavy atom. The third-order valence-corrected chi connectivity index (χ3v) is 10.4. The van der Waals surface area contributed by atoms with Crippen LogP contribution in [0.25, 0.3) is 100 Å². The van der Waals surface area contributed by atoms with Crippen LogP contribution in [0.4, 0.5) is 0 Å². The van der Waals surface area contributed by atoms with Crippen molar-refractivity contribution >= 4 is 21.5 Å². The summed E-state index contributed by atoms with van der Waals surface area (Å²) in [6.45, 7) is 0. The molecule has 10 rings (SSSR count). The molecule has 3 heterocycles. The molecule has 56 heavy (non-hydrogen) atoms. The van der Waals surface area contributed by atoms with Gasteiger partial charge in [0, 0.05) is 40.2 Å². The highest BCUT2D eigenvalue weighted by Gasteiger charge is 2.15. The third kappa shape index (κ3) is 6.61. The van der Waals surface area contributed by atoms with Gasteiger partial charge in [-0.05, 0) is 104 Å². The molecule has 0 radical (unpaired) electrons. The number of hydrogen-bond donors (Lipinski definition) is 0. The molecule has 0 N–H and O–H groups in total. The SMILES string of the molecule is c1ccc(-c2ccc(-c3cc(-c4ccc(-c5ccccn5)cc4)cc(-c4nc(-c5ccc6ccccc6c5)cc(-c5ccc6ccccc6c5)n4)c3)cc2)nc1. The largest absolute Gasteiger partial charge is 0.256 e. The Bertz CT molecular complexity index is 2800. The monoisotopic (exact) mass is 714 g/mol. The van der Waals surface area contributed by atoms with Gasteiger partial charge in [0.15, 0.2) is 5.82 Å². The highest BCUT2D eigenvalue weighted by molar-refractivity contribution is 5.90. The lowest BCUT2D eigenvalue weighted by Crippen LogP contribution is -1.97. The van der Waals surface area contributed by atoms with Gasteiger partial charge in [0.1, 0.15) is 0 Å². The highest BCUT2D eigenvalue weighted by Crippen LogP contribution is 2.36. The minimum absolute atomic E-state index is 0.664. The molecule has 0 aliphatic heterocycles. The Morgan fingerprint density at radius 3 is 1.07 bits per heavy atom. The zero-order valence-electron chi connectivity index (χ0n) is 30.4. The quantitative estimate of drug-likeness (QED) is 0.165. The van der Waals surface area contributed by atoms with E-state index in [1.54, 1.807) is 0 Å². The minimum Gasteiger partial charge on any atom is -0.256 e. The maximum Gasteiger partial charge on any atom is 0.160 e. The third-order valence-electron chi connectivity index (χ3n) is 10.4. The summed E-state index contributed by atoms with van der Waals surface area (Å²) < 4.78 is 0. The summed E-state index contributed by atoms with van der Waals surface area (Å²) in [6, 6.07) is 68.0. The second-order valence-electron chi connectivity index (χ2n) is 14.0. The van der Waals surface area contributed by atoms with Crippen LogP contribution in [0.3, 0.4) is 0 Å². The molecule has 4 heteroatoms. The van der Waals surface area contributed by atoms with Crippen LogP contribution in [-0.4, -0.2) is 19.9 Å². The molecular formula is C52H34N4. The molecule has 4 nitrogen and oxygen atoms in total. The smallest absolute Gasteiger partial charge is 0.160 e. The molecule has 0 bridgehead atoms. The van der Waals surface area contributed by atoms with Crippen LogP contribution < -0.4 is 0 Å². The minimum atomic E-state index is 0.664. The molecule has 0 fully saturated rings. The molecule has 0 spiro atoms. The van der Waals surface area contributed by atoms with Gasteiger partial charge in [-0.2, -0.15) is 0 Å². The Balaban J connectivity index is 1.15.